The fraction of sp³-hybridized carbons (Fsp3) is 0.100. The van der Waals surface area contributed by atoms with E-state index in [4.69, 9.17) is 5.26 Å². The first-order chi connectivity index (χ1) is 7.15. The lowest BCUT2D eigenvalue weighted by Crippen LogP contribution is -2.07. The van der Waals surface area contributed by atoms with Crippen LogP contribution in [0.25, 0.3) is 0 Å². The molecule has 1 rings (SSSR count). The zero-order chi connectivity index (χ0) is 11.4. The predicted octanol–water partition coefficient (Wildman–Crippen LogP) is 1.45. The number of nitriles is 1. The maximum Gasteiger partial charge on any atom is 0.339 e. The van der Waals surface area contributed by atoms with Crippen LogP contribution in [0, 0.1) is 11.3 Å². The lowest BCUT2D eigenvalue weighted by molar-refractivity contribution is 0.0594. The third-order valence-electron chi connectivity index (χ3n) is 1.85. The monoisotopic (exact) mass is 221 g/mol. The number of aldehydes is 1. The van der Waals surface area contributed by atoms with Crippen molar-refractivity contribution in [1.82, 2.24) is 0 Å². The van der Waals surface area contributed by atoms with Gasteiger partial charge in [-0.1, -0.05) is 0 Å². The Balaban J connectivity index is 3.50. The quantitative estimate of drug-likeness (QED) is 0.466. The van der Waals surface area contributed by atoms with Gasteiger partial charge in [-0.15, -0.1) is 12.6 Å². The maximum absolute atomic E-state index is 11.3. The molecule has 0 amide bonds. The van der Waals surface area contributed by atoms with Crippen molar-refractivity contribution >= 4 is 24.9 Å². The highest BCUT2D eigenvalue weighted by molar-refractivity contribution is 7.80. The minimum Gasteiger partial charge on any atom is -0.465 e. The highest BCUT2D eigenvalue weighted by Gasteiger charge is 2.17. The average Bonchev–Trinajstić information content (AvgIpc) is 2.27. The van der Waals surface area contributed by atoms with Crippen LogP contribution >= 0.6 is 12.6 Å². The first-order valence-electron chi connectivity index (χ1n) is 3.95. The first kappa shape index (κ1) is 11.3. The van der Waals surface area contributed by atoms with Gasteiger partial charge in [-0.25, -0.2) is 4.79 Å². The van der Waals surface area contributed by atoms with Gasteiger partial charge in [0, 0.05) is 10.5 Å². The molecule has 0 aliphatic heterocycles. The van der Waals surface area contributed by atoms with E-state index >= 15 is 0 Å². The molecule has 1 aromatic carbocycles. The SMILES string of the molecule is COC(=O)c1c(C=O)ccc(C#N)c1S. The Morgan fingerprint density at radius 1 is 1.60 bits per heavy atom. The number of benzene rings is 1. The Morgan fingerprint density at radius 3 is 2.73 bits per heavy atom. The van der Waals surface area contributed by atoms with E-state index in [1.165, 1.54) is 19.2 Å². The predicted molar refractivity (Wildman–Crippen MR) is 55.1 cm³/mol. The summed E-state index contributed by atoms with van der Waals surface area (Å²) in [5.74, 6) is -0.681. The second-order valence-corrected chi connectivity index (χ2v) is 3.09. The smallest absolute Gasteiger partial charge is 0.339 e. The molecular weight excluding hydrogens is 214 g/mol. The number of esters is 1. The molecule has 0 heterocycles. The van der Waals surface area contributed by atoms with Gasteiger partial charge < -0.3 is 4.74 Å². The summed E-state index contributed by atoms with van der Waals surface area (Å²) in [5.41, 5.74) is 0.407. The fourth-order valence-electron chi connectivity index (χ4n) is 1.11. The summed E-state index contributed by atoms with van der Waals surface area (Å²) in [7, 11) is 1.20. The molecule has 0 aliphatic carbocycles. The number of thiol groups is 1. The van der Waals surface area contributed by atoms with Gasteiger partial charge in [0.1, 0.15) is 6.07 Å². The van der Waals surface area contributed by atoms with Gasteiger partial charge in [-0.3, -0.25) is 4.79 Å². The molecule has 76 valence electrons. The number of hydrogen-bond donors (Lipinski definition) is 1. The van der Waals surface area contributed by atoms with Crippen molar-refractivity contribution in [2.75, 3.05) is 7.11 Å². The van der Waals surface area contributed by atoms with Crippen molar-refractivity contribution in [2.24, 2.45) is 0 Å². The number of rotatable bonds is 2. The highest BCUT2D eigenvalue weighted by atomic mass is 32.1. The summed E-state index contributed by atoms with van der Waals surface area (Å²) in [5, 5.41) is 8.72. The van der Waals surface area contributed by atoms with Crippen LogP contribution in [0.4, 0.5) is 0 Å². The third kappa shape index (κ3) is 2.00. The van der Waals surface area contributed by atoms with Gasteiger partial charge in [0.15, 0.2) is 6.29 Å². The van der Waals surface area contributed by atoms with Crippen LogP contribution in [0.5, 0.6) is 0 Å². The molecular formula is C10H7NO3S. The van der Waals surface area contributed by atoms with E-state index in [-0.39, 0.29) is 21.6 Å². The van der Waals surface area contributed by atoms with Crippen molar-refractivity contribution in [2.45, 2.75) is 4.90 Å². The van der Waals surface area contributed by atoms with Crippen LogP contribution in [0.15, 0.2) is 17.0 Å². The molecule has 0 saturated heterocycles. The number of carbonyl (C=O) groups excluding carboxylic acids is 2. The van der Waals surface area contributed by atoms with Crippen LogP contribution in [0.3, 0.4) is 0 Å². The van der Waals surface area contributed by atoms with Crippen molar-refractivity contribution in [1.29, 1.82) is 5.26 Å². The van der Waals surface area contributed by atoms with Gasteiger partial charge in [-0.2, -0.15) is 5.26 Å². The lowest BCUT2D eigenvalue weighted by atomic mass is 10.1. The van der Waals surface area contributed by atoms with Crippen molar-refractivity contribution in [3.05, 3.63) is 28.8 Å². The average molecular weight is 221 g/mol. The molecule has 0 aromatic heterocycles. The van der Waals surface area contributed by atoms with Gasteiger partial charge >= 0.3 is 5.97 Å². The van der Waals surface area contributed by atoms with Crippen molar-refractivity contribution in [3.63, 3.8) is 0 Å². The third-order valence-corrected chi connectivity index (χ3v) is 2.31. The van der Waals surface area contributed by atoms with E-state index in [1.807, 2.05) is 6.07 Å². The topological polar surface area (TPSA) is 67.2 Å². The Bertz CT molecular complexity index is 462. The number of methoxy groups -OCH3 is 1. The Hall–Kier alpha value is -1.80. The maximum atomic E-state index is 11.3. The standard InChI is InChI=1S/C10H7NO3S/c1-14-10(13)8-7(5-12)3-2-6(4-11)9(8)15/h2-3,5,15H,1H3. The van der Waals surface area contributed by atoms with E-state index < -0.39 is 5.97 Å². The van der Waals surface area contributed by atoms with Crippen LogP contribution in [-0.2, 0) is 4.74 Å². The second kappa shape index (κ2) is 4.62. The second-order valence-electron chi connectivity index (χ2n) is 2.65. The minimum atomic E-state index is -0.681. The van der Waals surface area contributed by atoms with Crippen molar-refractivity contribution in [3.8, 4) is 6.07 Å². The summed E-state index contributed by atoms with van der Waals surface area (Å²) in [6, 6.07) is 4.68. The Labute approximate surface area is 91.9 Å². The molecule has 0 bridgehead atoms. The normalized spacial score (nSPS) is 9.13. The van der Waals surface area contributed by atoms with E-state index in [9.17, 15) is 9.59 Å². The highest BCUT2D eigenvalue weighted by Crippen LogP contribution is 2.22. The largest absolute Gasteiger partial charge is 0.465 e. The van der Waals surface area contributed by atoms with Crippen LogP contribution in [0.1, 0.15) is 26.3 Å². The molecule has 0 saturated carbocycles. The van der Waals surface area contributed by atoms with Gasteiger partial charge in [0.05, 0.1) is 18.2 Å². The van der Waals surface area contributed by atoms with E-state index in [0.29, 0.717) is 6.29 Å². The fourth-order valence-corrected chi connectivity index (χ4v) is 1.46. The van der Waals surface area contributed by atoms with E-state index in [2.05, 4.69) is 17.4 Å². The summed E-state index contributed by atoms with van der Waals surface area (Å²) in [6.45, 7) is 0. The van der Waals surface area contributed by atoms with E-state index in [0.717, 1.165) is 0 Å². The summed E-state index contributed by atoms with van der Waals surface area (Å²) in [6.07, 6.45) is 0.521. The summed E-state index contributed by atoms with van der Waals surface area (Å²) in [4.78, 5) is 22.2. The van der Waals surface area contributed by atoms with E-state index in [1.54, 1.807) is 0 Å². The molecule has 15 heavy (non-hydrogen) atoms. The molecule has 5 heteroatoms. The molecule has 0 radical (unpaired) electrons. The first-order valence-corrected chi connectivity index (χ1v) is 4.40. The van der Waals surface area contributed by atoms with Crippen LogP contribution < -0.4 is 0 Å². The molecule has 0 spiro atoms. The summed E-state index contributed by atoms with van der Waals surface area (Å²) >= 11 is 4.03. The van der Waals surface area contributed by atoms with Gasteiger partial charge in [0.25, 0.3) is 0 Å². The zero-order valence-electron chi connectivity index (χ0n) is 7.85. The molecule has 0 atom stereocenters. The molecule has 0 aliphatic rings. The van der Waals surface area contributed by atoms with Gasteiger partial charge in [-0.05, 0) is 12.1 Å². The number of hydrogen-bond acceptors (Lipinski definition) is 5. The number of nitrogens with zero attached hydrogens (tertiary/aromatic N) is 1. The molecule has 4 nitrogen and oxygen atoms in total. The zero-order valence-corrected chi connectivity index (χ0v) is 8.75. The minimum absolute atomic E-state index is 0.0230. The number of ether oxygens (including phenoxy) is 1. The molecule has 1 aromatic rings. The van der Waals surface area contributed by atoms with Gasteiger partial charge in [0.2, 0.25) is 0 Å². The lowest BCUT2D eigenvalue weighted by Gasteiger charge is -2.06. The molecule has 0 fully saturated rings. The van der Waals surface area contributed by atoms with Crippen LogP contribution in [-0.4, -0.2) is 19.4 Å². The molecule has 0 unspecified atom stereocenters. The Kier molecular flexibility index (Phi) is 3.47. The number of carbonyl (C=O) groups is 2. The molecule has 0 N–H and O–H groups in total. The van der Waals surface area contributed by atoms with Crippen LogP contribution in [0.2, 0.25) is 0 Å². The summed E-state index contributed by atoms with van der Waals surface area (Å²) < 4.78 is 4.50. The van der Waals surface area contributed by atoms with Crippen molar-refractivity contribution < 1.29 is 14.3 Å². The Morgan fingerprint density at radius 2 is 2.27 bits per heavy atom.